The van der Waals surface area contributed by atoms with E-state index >= 15 is 0 Å². The van der Waals surface area contributed by atoms with Gasteiger partial charge in [0.15, 0.2) is 0 Å². The summed E-state index contributed by atoms with van der Waals surface area (Å²) in [5.74, 6) is 0. The van der Waals surface area contributed by atoms with Crippen molar-refractivity contribution < 1.29 is 15.0 Å². The van der Waals surface area contributed by atoms with E-state index in [2.05, 4.69) is 5.32 Å². The van der Waals surface area contributed by atoms with Crippen LogP contribution in [0.3, 0.4) is 0 Å². The topological polar surface area (TPSA) is 95.6 Å². The molecule has 0 aliphatic rings. The lowest BCUT2D eigenvalue weighted by molar-refractivity contribution is 0.125. The van der Waals surface area contributed by atoms with Gasteiger partial charge in [0, 0.05) is 6.54 Å². The molecule has 2 atom stereocenters. The van der Waals surface area contributed by atoms with Crippen LogP contribution in [0.2, 0.25) is 0 Å². The second-order valence-electron chi connectivity index (χ2n) is 3.55. The van der Waals surface area contributed by atoms with Gasteiger partial charge in [-0.2, -0.15) is 0 Å². The Bertz CT molecular complexity index is 329. The van der Waals surface area contributed by atoms with Crippen LogP contribution in [-0.4, -0.2) is 35.0 Å². The van der Waals surface area contributed by atoms with E-state index in [1.165, 1.54) is 0 Å². The molecule has 0 aliphatic heterocycles. The summed E-state index contributed by atoms with van der Waals surface area (Å²) in [5, 5.41) is 20.5. The molecule has 5 nitrogen and oxygen atoms in total. The maximum Gasteiger partial charge on any atom is 0.404 e. The zero-order valence-electron chi connectivity index (χ0n) is 8.84. The normalized spacial score (nSPS) is 14.1. The number of aliphatic hydroxyl groups excluding tert-OH is 1. The average molecular weight is 224 g/mol. The van der Waals surface area contributed by atoms with Crippen LogP contribution in [0.5, 0.6) is 0 Å². The molecule has 0 saturated heterocycles. The number of aliphatic hydroxyl groups is 1. The number of hydrogen-bond acceptors (Lipinski definition) is 3. The molecule has 88 valence electrons. The fraction of sp³-hybridized carbons (Fsp3) is 0.364. The predicted molar refractivity (Wildman–Crippen MR) is 60.2 cm³/mol. The Balaban J connectivity index is 2.67. The van der Waals surface area contributed by atoms with Gasteiger partial charge in [-0.15, -0.1) is 0 Å². The van der Waals surface area contributed by atoms with E-state index in [4.69, 9.17) is 10.8 Å². The highest BCUT2D eigenvalue weighted by Gasteiger charge is 2.19. The third kappa shape index (κ3) is 3.88. The van der Waals surface area contributed by atoms with Crippen LogP contribution in [0.25, 0.3) is 0 Å². The lowest BCUT2D eigenvalue weighted by Gasteiger charge is -2.21. The first kappa shape index (κ1) is 12.5. The summed E-state index contributed by atoms with van der Waals surface area (Å²) < 4.78 is 0. The molecule has 0 radical (unpaired) electrons. The standard InChI is InChI=1S/C11H16N2O3/c12-7-10(14)9(13-11(15)16)6-8-4-2-1-3-5-8/h1-5,9-10,13-14H,6-7,12H2,(H,15,16)/t9-,10?/m0/s1. The van der Waals surface area contributed by atoms with Crippen LogP contribution in [0.15, 0.2) is 30.3 Å². The summed E-state index contributed by atoms with van der Waals surface area (Å²) in [6.45, 7) is 0.0256. The Hall–Kier alpha value is -1.59. The number of hydrogen-bond donors (Lipinski definition) is 4. The smallest absolute Gasteiger partial charge is 0.404 e. The predicted octanol–water partition coefficient (Wildman–Crippen LogP) is 0.185. The average Bonchev–Trinajstić information content (AvgIpc) is 2.28. The van der Waals surface area contributed by atoms with E-state index in [1.807, 2.05) is 30.3 Å². The Morgan fingerprint density at radius 2 is 2.00 bits per heavy atom. The van der Waals surface area contributed by atoms with Crippen molar-refractivity contribution in [3.05, 3.63) is 35.9 Å². The summed E-state index contributed by atoms with van der Waals surface area (Å²) in [6.07, 6.45) is -1.62. The van der Waals surface area contributed by atoms with Crippen molar-refractivity contribution in [3.8, 4) is 0 Å². The zero-order chi connectivity index (χ0) is 12.0. The molecule has 1 rings (SSSR count). The van der Waals surface area contributed by atoms with Gasteiger partial charge in [0.25, 0.3) is 0 Å². The molecule has 0 fully saturated rings. The molecule has 5 N–H and O–H groups in total. The van der Waals surface area contributed by atoms with E-state index in [0.717, 1.165) is 5.56 Å². The molecular formula is C11H16N2O3. The molecule has 1 aromatic carbocycles. The van der Waals surface area contributed by atoms with Gasteiger partial charge >= 0.3 is 6.09 Å². The summed E-state index contributed by atoms with van der Waals surface area (Å²) >= 11 is 0. The molecule has 0 bridgehead atoms. The van der Waals surface area contributed by atoms with Gasteiger partial charge < -0.3 is 21.3 Å². The second-order valence-corrected chi connectivity index (χ2v) is 3.55. The maximum absolute atomic E-state index is 10.6. The van der Waals surface area contributed by atoms with Crippen LogP contribution in [0, 0.1) is 0 Å². The third-order valence-electron chi connectivity index (χ3n) is 2.31. The summed E-state index contributed by atoms with van der Waals surface area (Å²) in [6, 6.07) is 8.77. The van der Waals surface area contributed by atoms with Crippen molar-refractivity contribution in [1.29, 1.82) is 0 Å². The van der Waals surface area contributed by atoms with E-state index in [0.29, 0.717) is 6.42 Å². The van der Waals surface area contributed by atoms with E-state index < -0.39 is 18.2 Å². The first-order chi connectivity index (χ1) is 7.63. The van der Waals surface area contributed by atoms with Crippen molar-refractivity contribution in [2.45, 2.75) is 18.6 Å². The van der Waals surface area contributed by atoms with Crippen molar-refractivity contribution in [1.82, 2.24) is 5.32 Å². The van der Waals surface area contributed by atoms with Gasteiger partial charge in [0.1, 0.15) is 0 Å². The highest BCUT2D eigenvalue weighted by molar-refractivity contribution is 5.65. The quantitative estimate of drug-likeness (QED) is 0.574. The van der Waals surface area contributed by atoms with Crippen LogP contribution >= 0.6 is 0 Å². The number of carboxylic acid groups (broad SMARTS) is 1. The third-order valence-corrected chi connectivity index (χ3v) is 2.31. The van der Waals surface area contributed by atoms with Gasteiger partial charge in [-0.25, -0.2) is 4.79 Å². The molecule has 0 spiro atoms. The van der Waals surface area contributed by atoms with E-state index in [1.54, 1.807) is 0 Å². The molecule has 1 amide bonds. The number of nitrogens with one attached hydrogen (secondary N) is 1. The molecule has 0 saturated carbocycles. The largest absolute Gasteiger partial charge is 0.465 e. The van der Waals surface area contributed by atoms with Gasteiger partial charge in [-0.3, -0.25) is 0 Å². The summed E-state index contributed by atoms with van der Waals surface area (Å²) in [4.78, 5) is 10.6. The van der Waals surface area contributed by atoms with Crippen molar-refractivity contribution >= 4 is 6.09 Å². The van der Waals surface area contributed by atoms with Crippen LogP contribution in [0.1, 0.15) is 5.56 Å². The van der Waals surface area contributed by atoms with Crippen molar-refractivity contribution in [3.63, 3.8) is 0 Å². The minimum absolute atomic E-state index is 0.0256. The minimum Gasteiger partial charge on any atom is -0.465 e. The van der Waals surface area contributed by atoms with Gasteiger partial charge in [0.2, 0.25) is 0 Å². The summed E-state index contributed by atoms with van der Waals surface area (Å²) in [5.41, 5.74) is 6.27. The molecule has 5 heteroatoms. The Labute approximate surface area is 93.9 Å². The highest BCUT2D eigenvalue weighted by Crippen LogP contribution is 2.05. The molecule has 16 heavy (non-hydrogen) atoms. The van der Waals surface area contributed by atoms with Gasteiger partial charge in [0.05, 0.1) is 12.1 Å². The fourth-order valence-electron chi connectivity index (χ4n) is 1.47. The molecule has 1 unspecified atom stereocenters. The monoisotopic (exact) mass is 224 g/mol. The lowest BCUT2D eigenvalue weighted by atomic mass is 10.0. The SMILES string of the molecule is NCC(O)[C@H](Cc1ccccc1)NC(=O)O. The fourth-order valence-corrected chi connectivity index (χ4v) is 1.47. The van der Waals surface area contributed by atoms with Crippen LogP contribution in [-0.2, 0) is 6.42 Å². The maximum atomic E-state index is 10.6. The van der Waals surface area contributed by atoms with Gasteiger partial charge in [-0.1, -0.05) is 30.3 Å². The molecule has 0 aromatic heterocycles. The van der Waals surface area contributed by atoms with Crippen molar-refractivity contribution in [2.24, 2.45) is 5.73 Å². The Morgan fingerprint density at radius 3 is 2.50 bits per heavy atom. The Kier molecular flexibility index (Phi) is 4.75. The molecular weight excluding hydrogens is 208 g/mol. The lowest BCUT2D eigenvalue weighted by Crippen LogP contribution is -2.47. The van der Waals surface area contributed by atoms with Crippen molar-refractivity contribution in [2.75, 3.05) is 6.54 Å². The van der Waals surface area contributed by atoms with Gasteiger partial charge in [-0.05, 0) is 12.0 Å². The number of nitrogens with two attached hydrogens (primary N) is 1. The highest BCUT2D eigenvalue weighted by atomic mass is 16.4. The van der Waals surface area contributed by atoms with E-state index in [-0.39, 0.29) is 6.54 Å². The van der Waals surface area contributed by atoms with Crippen LogP contribution < -0.4 is 11.1 Å². The first-order valence-corrected chi connectivity index (χ1v) is 5.05. The zero-order valence-corrected chi connectivity index (χ0v) is 8.84. The minimum atomic E-state index is -1.16. The summed E-state index contributed by atoms with van der Waals surface area (Å²) in [7, 11) is 0. The number of benzene rings is 1. The second kappa shape index (κ2) is 6.09. The number of carbonyl (C=O) groups is 1. The number of amides is 1. The number of rotatable bonds is 5. The molecule has 0 aliphatic carbocycles. The molecule has 0 heterocycles. The first-order valence-electron chi connectivity index (χ1n) is 5.05. The van der Waals surface area contributed by atoms with E-state index in [9.17, 15) is 9.90 Å². The Morgan fingerprint density at radius 1 is 1.38 bits per heavy atom. The van der Waals surface area contributed by atoms with Crippen LogP contribution in [0.4, 0.5) is 4.79 Å². The molecule has 1 aromatic rings.